The number of para-hydroxylation sites is 1. The highest BCUT2D eigenvalue weighted by molar-refractivity contribution is 6.39. The highest BCUT2D eigenvalue weighted by Crippen LogP contribution is 2.20. The van der Waals surface area contributed by atoms with E-state index in [1.165, 1.54) is 24.9 Å². The summed E-state index contributed by atoms with van der Waals surface area (Å²) in [7, 11) is 0. The summed E-state index contributed by atoms with van der Waals surface area (Å²) in [5.41, 5.74) is 3.00. The van der Waals surface area contributed by atoms with E-state index >= 15 is 0 Å². The second kappa shape index (κ2) is 9.56. The maximum absolute atomic E-state index is 12.0. The average molecular weight is 376 g/mol. The van der Waals surface area contributed by atoms with Gasteiger partial charge in [-0.1, -0.05) is 24.3 Å². The molecule has 144 valence electrons. The summed E-state index contributed by atoms with van der Waals surface area (Å²) >= 11 is 0. The lowest BCUT2D eigenvalue weighted by atomic mass is 10.1. The van der Waals surface area contributed by atoms with Crippen LogP contribution in [0.25, 0.3) is 0 Å². The van der Waals surface area contributed by atoms with Gasteiger partial charge in [-0.25, -0.2) is 0 Å². The Labute approximate surface area is 165 Å². The largest absolute Gasteiger partial charge is 0.372 e. The molecule has 2 amide bonds. The van der Waals surface area contributed by atoms with E-state index in [4.69, 9.17) is 5.26 Å². The average Bonchev–Trinajstić information content (AvgIpc) is 2.75. The first kappa shape index (κ1) is 19.4. The number of piperidine rings is 1. The van der Waals surface area contributed by atoms with E-state index in [1.807, 2.05) is 6.07 Å². The maximum Gasteiger partial charge on any atom is 0.313 e. The normalized spacial score (nSPS) is 13.5. The summed E-state index contributed by atoms with van der Waals surface area (Å²) in [6.45, 7) is 2.59. The molecule has 0 atom stereocenters. The van der Waals surface area contributed by atoms with Gasteiger partial charge < -0.3 is 15.5 Å². The highest BCUT2D eigenvalue weighted by Gasteiger charge is 2.15. The Kier molecular flexibility index (Phi) is 6.64. The zero-order chi connectivity index (χ0) is 19.8. The van der Waals surface area contributed by atoms with E-state index in [2.05, 4.69) is 39.8 Å². The van der Waals surface area contributed by atoms with Crippen molar-refractivity contribution in [3.63, 3.8) is 0 Å². The van der Waals surface area contributed by atoms with Crippen LogP contribution in [0.3, 0.4) is 0 Å². The van der Waals surface area contributed by atoms with Crippen LogP contribution in [0.2, 0.25) is 0 Å². The Morgan fingerprint density at radius 2 is 1.68 bits per heavy atom. The van der Waals surface area contributed by atoms with Gasteiger partial charge in [0.05, 0.1) is 11.3 Å². The van der Waals surface area contributed by atoms with E-state index in [9.17, 15) is 9.59 Å². The molecule has 2 N–H and O–H groups in total. The van der Waals surface area contributed by atoms with Crippen LogP contribution in [-0.2, 0) is 16.0 Å². The summed E-state index contributed by atoms with van der Waals surface area (Å²) in [5.74, 6) is -1.49. The fraction of sp³-hybridized carbons (Fsp3) is 0.318. The fourth-order valence-electron chi connectivity index (χ4n) is 3.29. The molecule has 0 radical (unpaired) electrons. The van der Waals surface area contributed by atoms with Crippen molar-refractivity contribution in [2.45, 2.75) is 25.7 Å². The van der Waals surface area contributed by atoms with Crippen molar-refractivity contribution >= 4 is 23.2 Å². The number of rotatable bonds is 5. The van der Waals surface area contributed by atoms with Crippen molar-refractivity contribution in [3.8, 4) is 6.07 Å². The first-order valence-electron chi connectivity index (χ1n) is 9.59. The second-order valence-electron chi connectivity index (χ2n) is 6.83. The number of benzene rings is 2. The van der Waals surface area contributed by atoms with Gasteiger partial charge in [-0.3, -0.25) is 9.59 Å². The standard InChI is InChI=1S/C22H24N4O2/c23-16-18-6-2-3-7-20(18)25-22(28)21(27)24-13-12-17-8-10-19(11-9-17)26-14-4-1-5-15-26/h2-3,6-11H,1,4-5,12-15H2,(H,24,27)(H,25,28). The van der Waals surface area contributed by atoms with E-state index in [0.717, 1.165) is 18.7 Å². The van der Waals surface area contributed by atoms with Crippen molar-refractivity contribution < 1.29 is 9.59 Å². The van der Waals surface area contributed by atoms with Crippen LogP contribution in [0.15, 0.2) is 48.5 Å². The third-order valence-corrected chi connectivity index (χ3v) is 4.86. The van der Waals surface area contributed by atoms with E-state index in [0.29, 0.717) is 24.2 Å². The molecule has 1 aliphatic heterocycles. The number of hydrogen-bond acceptors (Lipinski definition) is 4. The van der Waals surface area contributed by atoms with Crippen molar-refractivity contribution in [2.75, 3.05) is 29.9 Å². The Bertz CT molecular complexity index is 865. The topological polar surface area (TPSA) is 85.2 Å². The smallest absolute Gasteiger partial charge is 0.313 e. The van der Waals surface area contributed by atoms with Crippen molar-refractivity contribution in [1.29, 1.82) is 5.26 Å². The molecule has 0 saturated carbocycles. The molecular weight excluding hydrogens is 352 g/mol. The van der Waals surface area contributed by atoms with E-state index in [-0.39, 0.29) is 0 Å². The fourth-order valence-corrected chi connectivity index (χ4v) is 3.29. The van der Waals surface area contributed by atoms with Gasteiger partial charge in [0, 0.05) is 25.3 Å². The highest BCUT2D eigenvalue weighted by atomic mass is 16.2. The number of nitriles is 1. The third-order valence-electron chi connectivity index (χ3n) is 4.86. The van der Waals surface area contributed by atoms with Crippen molar-refractivity contribution in [1.82, 2.24) is 5.32 Å². The van der Waals surface area contributed by atoms with Crippen LogP contribution in [0.4, 0.5) is 11.4 Å². The SMILES string of the molecule is N#Cc1ccccc1NC(=O)C(=O)NCCc1ccc(N2CCCCC2)cc1. The molecule has 1 heterocycles. The molecule has 0 spiro atoms. The number of hydrogen-bond donors (Lipinski definition) is 2. The summed E-state index contributed by atoms with van der Waals surface area (Å²) in [5, 5.41) is 14.1. The van der Waals surface area contributed by atoms with Gasteiger partial charge in [-0.2, -0.15) is 5.26 Å². The Morgan fingerprint density at radius 3 is 2.39 bits per heavy atom. The minimum Gasteiger partial charge on any atom is -0.372 e. The summed E-state index contributed by atoms with van der Waals surface area (Å²) in [6.07, 6.45) is 4.45. The monoisotopic (exact) mass is 376 g/mol. The molecule has 0 aliphatic carbocycles. The van der Waals surface area contributed by atoms with Crippen LogP contribution >= 0.6 is 0 Å². The van der Waals surface area contributed by atoms with Crippen LogP contribution in [0.1, 0.15) is 30.4 Å². The summed E-state index contributed by atoms with van der Waals surface area (Å²) in [6, 6.07) is 16.9. The van der Waals surface area contributed by atoms with E-state index < -0.39 is 11.8 Å². The Balaban J connectivity index is 1.45. The predicted molar refractivity (Wildman–Crippen MR) is 109 cm³/mol. The first-order chi connectivity index (χ1) is 13.7. The van der Waals surface area contributed by atoms with Crippen LogP contribution in [0.5, 0.6) is 0 Å². The predicted octanol–water partition coefficient (Wildman–Crippen LogP) is 2.85. The number of amides is 2. The van der Waals surface area contributed by atoms with Crippen molar-refractivity contribution in [3.05, 3.63) is 59.7 Å². The lowest BCUT2D eigenvalue weighted by molar-refractivity contribution is -0.136. The molecule has 0 bridgehead atoms. The molecule has 1 saturated heterocycles. The van der Waals surface area contributed by atoms with Gasteiger partial charge >= 0.3 is 11.8 Å². The van der Waals surface area contributed by atoms with Crippen LogP contribution in [-0.4, -0.2) is 31.4 Å². The Hall–Kier alpha value is -3.33. The minimum absolute atomic E-state index is 0.317. The van der Waals surface area contributed by atoms with Gasteiger partial charge in [0.1, 0.15) is 6.07 Å². The molecule has 0 aromatic heterocycles. The quantitative estimate of drug-likeness (QED) is 0.786. The molecule has 6 nitrogen and oxygen atoms in total. The molecular formula is C22H24N4O2. The maximum atomic E-state index is 12.0. The molecule has 6 heteroatoms. The number of carbonyl (C=O) groups excluding carboxylic acids is 2. The van der Waals surface area contributed by atoms with Gasteiger partial charge in [0.25, 0.3) is 0 Å². The molecule has 2 aromatic carbocycles. The Morgan fingerprint density at radius 1 is 0.964 bits per heavy atom. The molecule has 1 fully saturated rings. The van der Waals surface area contributed by atoms with Gasteiger partial charge in [0.15, 0.2) is 0 Å². The first-order valence-corrected chi connectivity index (χ1v) is 9.59. The van der Waals surface area contributed by atoms with Gasteiger partial charge in [0.2, 0.25) is 0 Å². The molecule has 2 aromatic rings. The minimum atomic E-state index is -0.775. The lowest BCUT2D eigenvalue weighted by Crippen LogP contribution is -2.36. The zero-order valence-electron chi connectivity index (χ0n) is 15.8. The van der Waals surface area contributed by atoms with Crippen LogP contribution < -0.4 is 15.5 Å². The second-order valence-corrected chi connectivity index (χ2v) is 6.83. The van der Waals surface area contributed by atoms with E-state index in [1.54, 1.807) is 24.3 Å². The molecule has 3 rings (SSSR count). The molecule has 28 heavy (non-hydrogen) atoms. The number of carbonyl (C=O) groups is 2. The number of nitrogens with one attached hydrogen (secondary N) is 2. The lowest BCUT2D eigenvalue weighted by Gasteiger charge is -2.28. The number of nitrogens with zero attached hydrogens (tertiary/aromatic N) is 2. The summed E-state index contributed by atoms with van der Waals surface area (Å²) in [4.78, 5) is 26.4. The molecule has 0 unspecified atom stereocenters. The number of anilines is 2. The van der Waals surface area contributed by atoms with Crippen molar-refractivity contribution in [2.24, 2.45) is 0 Å². The van der Waals surface area contributed by atoms with Gasteiger partial charge in [-0.15, -0.1) is 0 Å². The van der Waals surface area contributed by atoms with Gasteiger partial charge in [-0.05, 0) is 55.5 Å². The third kappa shape index (κ3) is 5.10. The molecule has 1 aliphatic rings. The van der Waals surface area contributed by atoms with Crippen LogP contribution in [0, 0.1) is 11.3 Å². The summed E-state index contributed by atoms with van der Waals surface area (Å²) < 4.78 is 0. The zero-order valence-corrected chi connectivity index (χ0v) is 15.8.